The van der Waals surface area contributed by atoms with E-state index in [4.69, 9.17) is 4.74 Å². The van der Waals surface area contributed by atoms with Crippen LogP contribution >= 0.6 is 11.3 Å². The molecular formula is C16H16O2S. The third kappa shape index (κ3) is 2.30. The molecule has 1 aromatic carbocycles. The lowest BCUT2D eigenvalue weighted by molar-refractivity contribution is 0.104. The number of carbonyl (C=O) groups is 1. The Balaban J connectivity index is 1.96. The van der Waals surface area contributed by atoms with E-state index in [0.717, 1.165) is 18.4 Å². The number of ketones is 1. The minimum absolute atomic E-state index is 0.0697. The summed E-state index contributed by atoms with van der Waals surface area (Å²) in [6, 6.07) is 7.97. The molecule has 0 unspecified atom stereocenters. The van der Waals surface area contributed by atoms with Crippen molar-refractivity contribution < 1.29 is 9.53 Å². The van der Waals surface area contributed by atoms with Crippen molar-refractivity contribution in [3.8, 4) is 5.75 Å². The molecule has 1 aliphatic rings. The summed E-state index contributed by atoms with van der Waals surface area (Å²) in [5, 5.41) is 1.89. The minimum atomic E-state index is 0.0697. The smallest absolute Gasteiger partial charge is 0.206 e. The van der Waals surface area contributed by atoms with Crippen LogP contribution in [0.25, 0.3) is 0 Å². The summed E-state index contributed by atoms with van der Waals surface area (Å²) >= 11 is 1.44. The maximum Gasteiger partial charge on any atom is 0.206 e. The van der Waals surface area contributed by atoms with E-state index in [-0.39, 0.29) is 5.78 Å². The highest BCUT2D eigenvalue weighted by atomic mass is 32.1. The first-order valence-corrected chi connectivity index (χ1v) is 7.45. The van der Waals surface area contributed by atoms with E-state index < -0.39 is 0 Å². The first kappa shape index (κ1) is 12.4. The lowest BCUT2D eigenvalue weighted by Crippen LogP contribution is -2.06. The molecule has 2 aromatic rings. The van der Waals surface area contributed by atoms with Gasteiger partial charge in [0.15, 0.2) is 0 Å². The Morgan fingerprint density at radius 3 is 2.74 bits per heavy atom. The van der Waals surface area contributed by atoms with E-state index in [1.54, 1.807) is 7.11 Å². The second kappa shape index (κ2) is 5.17. The average Bonchev–Trinajstić information content (AvgIpc) is 2.94. The Bertz CT molecular complexity index is 613. The van der Waals surface area contributed by atoms with Crippen LogP contribution in [-0.4, -0.2) is 12.9 Å². The predicted octanol–water partition coefficient (Wildman–Crippen LogP) is 3.87. The van der Waals surface area contributed by atoms with E-state index in [1.165, 1.54) is 35.3 Å². The van der Waals surface area contributed by atoms with E-state index in [0.29, 0.717) is 10.6 Å². The van der Waals surface area contributed by atoms with Gasteiger partial charge in [-0.1, -0.05) is 12.1 Å². The number of ether oxygens (including phenoxy) is 1. The number of hydrogen-bond acceptors (Lipinski definition) is 3. The minimum Gasteiger partial charge on any atom is -0.495 e. The molecule has 0 N–H and O–H groups in total. The molecule has 0 radical (unpaired) electrons. The number of fused-ring (bicyclic) bond motifs is 1. The van der Waals surface area contributed by atoms with Gasteiger partial charge in [0.2, 0.25) is 5.78 Å². The molecule has 19 heavy (non-hydrogen) atoms. The van der Waals surface area contributed by atoms with E-state index >= 15 is 0 Å². The number of benzene rings is 1. The van der Waals surface area contributed by atoms with Crippen LogP contribution in [0.15, 0.2) is 29.6 Å². The highest BCUT2D eigenvalue weighted by molar-refractivity contribution is 7.12. The Kier molecular flexibility index (Phi) is 3.38. The molecule has 98 valence electrons. The van der Waals surface area contributed by atoms with Crippen LogP contribution in [0.4, 0.5) is 0 Å². The summed E-state index contributed by atoms with van der Waals surface area (Å²) in [6.07, 6.45) is 4.73. The van der Waals surface area contributed by atoms with Gasteiger partial charge in [0, 0.05) is 5.56 Å². The molecule has 1 heterocycles. The van der Waals surface area contributed by atoms with Gasteiger partial charge in [-0.3, -0.25) is 4.79 Å². The van der Waals surface area contributed by atoms with Crippen LogP contribution < -0.4 is 4.74 Å². The molecular weight excluding hydrogens is 256 g/mol. The van der Waals surface area contributed by atoms with Crippen molar-refractivity contribution in [2.75, 3.05) is 7.11 Å². The number of rotatable bonds is 3. The Hall–Kier alpha value is -1.61. The normalized spacial score (nSPS) is 13.9. The zero-order valence-electron chi connectivity index (χ0n) is 10.9. The first-order chi connectivity index (χ1) is 9.29. The number of carbonyl (C=O) groups excluding carboxylic acids is 1. The van der Waals surface area contributed by atoms with E-state index in [2.05, 4.69) is 12.1 Å². The van der Waals surface area contributed by atoms with Gasteiger partial charge in [0.05, 0.1) is 7.11 Å². The lowest BCUT2D eigenvalue weighted by Gasteiger charge is -2.16. The van der Waals surface area contributed by atoms with E-state index in [1.807, 2.05) is 17.5 Å². The molecule has 2 nitrogen and oxygen atoms in total. The van der Waals surface area contributed by atoms with Gasteiger partial charge in [0.25, 0.3) is 0 Å². The molecule has 1 aromatic heterocycles. The molecule has 0 spiro atoms. The molecule has 0 fully saturated rings. The lowest BCUT2D eigenvalue weighted by atomic mass is 9.89. The van der Waals surface area contributed by atoms with Gasteiger partial charge in [0.1, 0.15) is 10.6 Å². The van der Waals surface area contributed by atoms with Crippen molar-refractivity contribution in [1.82, 2.24) is 0 Å². The van der Waals surface area contributed by atoms with Gasteiger partial charge >= 0.3 is 0 Å². The fraction of sp³-hybridized carbons (Fsp3) is 0.312. The van der Waals surface area contributed by atoms with Crippen LogP contribution in [0.5, 0.6) is 5.75 Å². The third-order valence-corrected chi connectivity index (χ3v) is 4.56. The number of hydrogen-bond donors (Lipinski definition) is 0. The number of aryl methyl sites for hydroxylation is 2. The molecule has 0 saturated carbocycles. The van der Waals surface area contributed by atoms with Crippen molar-refractivity contribution in [3.63, 3.8) is 0 Å². The summed E-state index contributed by atoms with van der Waals surface area (Å²) < 4.78 is 5.23. The molecule has 3 heteroatoms. The fourth-order valence-corrected chi connectivity index (χ4v) is 3.45. The topological polar surface area (TPSA) is 26.3 Å². The van der Waals surface area contributed by atoms with Crippen molar-refractivity contribution in [2.24, 2.45) is 0 Å². The van der Waals surface area contributed by atoms with Crippen LogP contribution in [-0.2, 0) is 12.8 Å². The summed E-state index contributed by atoms with van der Waals surface area (Å²) in [5.41, 5.74) is 3.52. The zero-order chi connectivity index (χ0) is 13.2. The van der Waals surface area contributed by atoms with Crippen LogP contribution in [0.2, 0.25) is 0 Å². The highest BCUT2D eigenvalue weighted by Gasteiger charge is 2.18. The molecule has 1 aliphatic carbocycles. The first-order valence-electron chi connectivity index (χ1n) is 6.57. The highest BCUT2D eigenvalue weighted by Crippen LogP contribution is 2.29. The second-order valence-electron chi connectivity index (χ2n) is 4.84. The quantitative estimate of drug-likeness (QED) is 0.793. The monoisotopic (exact) mass is 272 g/mol. The summed E-state index contributed by atoms with van der Waals surface area (Å²) in [4.78, 5) is 13.2. The van der Waals surface area contributed by atoms with Crippen LogP contribution in [0.1, 0.15) is 39.2 Å². The van der Waals surface area contributed by atoms with Crippen molar-refractivity contribution in [1.29, 1.82) is 0 Å². The van der Waals surface area contributed by atoms with Crippen molar-refractivity contribution in [2.45, 2.75) is 25.7 Å². The summed E-state index contributed by atoms with van der Waals surface area (Å²) in [6.45, 7) is 0. The summed E-state index contributed by atoms with van der Waals surface area (Å²) in [5.74, 6) is 0.743. The van der Waals surface area contributed by atoms with E-state index in [9.17, 15) is 4.79 Å². The van der Waals surface area contributed by atoms with Crippen LogP contribution in [0.3, 0.4) is 0 Å². The maximum absolute atomic E-state index is 12.5. The average molecular weight is 272 g/mol. The molecule has 0 saturated heterocycles. The molecule has 0 atom stereocenters. The third-order valence-electron chi connectivity index (χ3n) is 3.67. The molecule has 3 rings (SSSR count). The van der Waals surface area contributed by atoms with Crippen molar-refractivity contribution >= 4 is 17.1 Å². The predicted molar refractivity (Wildman–Crippen MR) is 77.4 cm³/mol. The number of methoxy groups -OCH3 is 1. The fourth-order valence-electron chi connectivity index (χ4n) is 2.63. The van der Waals surface area contributed by atoms with Gasteiger partial charge in [-0.2, -0.15) is 0 Å². The Morgan fingerprint density at radius 2 is 1.95 bits per heavy atom. The van der Waals surface area contributed by atoms with Crippen LogP contribution in [0, 0.1) is 0 Å². The molecule has 0 aliphatic heterocycles. The number of thiophene rings is 1. The zero-order valence-corrected chi connectivity index (χ0v) is 11.8. The van der Waals surface area contributed by atoms with Crippen molar-refractivity contribution in [3.05, 3.63) is 51.2 Å². The maximum atomic E-state index is 12.5. The molecule has 0 amide bonds. The van der Waals surface area contributed by atoms with Gasteiger partial charge in [-0.25, -0.2) is 0 Å². The standard InChI is InChI=1S/C16H16O2S/c1-18-14-8-9-19-16(14)15(17)13-7-6-11-4-2-3-5-12(11)10-13/h6-10H,2-5H2,1H3. The molecule has 0 bridgehead atoms. The largest absolute Gasteiger partial charge is 0.495 e. The van der Waals surface area contributed by atoms with Gasteiger partial charge in [-0.15, -0.1) is 11.3 Å². The SMILES string of the molecule is COc1ccsc1C(=O)c1ccc2c(c1)CCCC2. The summed E-state index contributed by atoms with van der Waals surface area (Å²) in [7, 11) is 1.60. The second-order valence-corrected chi connectivity index (χ2v) is 5.75. The Morgan fingerprint density at radius 1 is 1.16 bits per heavy atom. The Labute approximate surface area is 117 Å². The van der Waals surface area contributed by atoms with Gasteiger partial charge in [-0.05, 0) is 54.3 Å². The van der Waals surface area contributed by atoms with Gasteiger partial charge < -0.3 is 4.74 Å².